The summed E-state index contributed by atoms with van der Waals surface area (Å²) in [7, 11) is 0. The van der Waals surface area contributed by atoms with E-state index in [9.17, 15) is 4.79 Å². The molecule has 1 aliphatic heterocycles. The highest BCUT2D eigenvalue weighted by Crippen LogP contribution is 2.38. The number of benzene rings is 1. The second-order valence-corrected chi connectivity index (χ2v) is 7.44. The standard InChI is InChI=1S/C20H18Cl2N4O3/c1-11-8-12(2)26(25-11)18-5-4-13(21)19(24-18)20(27)23-15-10-17-16(9-14(15)22)28-6-3-7-29-17/h4-5,8-10H,3,6-7H2,1-2H3,(H,23,27). The number of hydrogen-bond acceptors (Lipinski definition) is 5. The van der Waals surface area contributed by atoms with Crippen LogP contribution in [-0.4, -0.2) is 33.9 Å². The first-order valence-electron chi connectivity index (χ1n) is 9.03. The zero-order valence-corrected chi connectivity index (χ0v) is 17.3. The van der Waals surface area contributed by atoms with E-state index in [0.29, 0.717) is 41.2 Å². The predicted molar refractivity (Wildman–Crippen MR) is 111 cm³/mol. The van der Waals surface area contributed by atoms with Gasteiger partial charge < -0.3 is 14.8 Å². The molecule has 0 aliphatic carbocycles. The molecular formula is C20H18Cl2N4O3. The van der Waals surface area contributed by atoms with Gasteiger partial charge in [0.05, 0.1) is 34.6 Å². The molecule has 0 bridgehead atoms. The molecule has 0 atom stereocenters. The monoisotopic (exact) mass is 432 g/mol. The molecule has 0 radical (unpaired) electrons. The molecule has 0 saturated carbocycles. The van der Waals surface area contributed by atoms with Crippen molar-refractivity contribution in [2.45, 2.75) is 20.3 Å². The zero-order valence-electron chi connectivity index (χ0n) is 15.8. The lowest BCUT2D eigenvalue weighted by atomic mass is 10.2. The number of fused-ring (bicyclic) bond motifs is 1. The molecule has 3 aromatic rings. The molecule has 1 aliphatic rings. The van der Waals surface area contributed by atoms with Crippen LogP contribution in [-0.2, 0) is 0 Å². The number of ether oxygens (including phenoxy) is 2. The summed E-state index contributed by atoms with van der Waals surface area (Å²) in [5.74, 6) is 1.08. The lowest BCUT2D eigenvalue weighted by Crippen LogP contribution is -2.16. The molecule has 2 aromatic heterocycles. The van der Waals surface area contributed by atoms with Gasteiger partial charge in [0.2, 0.25) is 0 Å². The van der Waals surface area contributed by atoms with Gasteiger partial charge in [-0.1, -0.05) is 23.2 Å². The number of amides is 1. The molecule has 1 amide bonds. The number of nitrogens with zero attached hydrogens (tertiary/aromatic N) is 3. The number of aromatic nitrogens is 3. The van der Waals surface area contributed by atoms with Crippen LogP contribution in [0.1, 0.15) is 28.3 Å². The molecule has 0 fully saturated rings. The number of carbonyl (C=O) groups is 1. The van der Waals surface area contributed by atoms with Gasteiger partial charge in [0, 0.05) is 24.2 Å². The topological polar surface area (TPSA) is 78.3 Å². The molecule has 4 rings (SSSR count). The van der Waals surface area contributed by atoms with Gasteiger partial charge >= 0.3 is 0 Å². The van der Waals surface area contributed by atoms with Gasteiger partial charge in [-0.25, -0.2) is 9.67 Å². The Labute approximate surface area is 177 Å². The van der Waals surface area contributed by atoms with E-state index in [-0.39, 0.29) is 10.7 Å². The maximum atomic E-state index is 12.9. The van der Waals surface area contributed by atoms with Gasteiger partial charge in [0.1, 0.15) is 5.69 Å². The van der Waals surface area contributed by atoms with Gasteiger partial charge in [-0.2, -0.15) is 5.10 Å². The Morgan fingerprint density at radius 3 is 2.48 bits per heavy atom. The number of nitrogens with one attached hydrogen (secondary N) is 1. The highest BCUT2D eigenvalue weighted by molar-refractivity contribution is 6.35. The average molecular weight is 433 g/mol. The van der Waals surface area contributed by atoms with Gasteiger partial charge in [-0.15, -0.1) is 0 Å². The van der Waals surface area contributed by atoms with Crippen LogP contribution in [0.2, 0.25) is 10.0 Å². The minimum Gasteiger partial charge on any atom is -0.490 e. The zero-order chi connectivity index (χ0) is 20.5. The van der Waals surface area contributed by atoms with E-state index in [2.05, 4.69) is 15.4 Å². The maximum Gasteiger partial charge on any atom is 0.275 e. The number of aryl methyl sites for hydroxylation is 2. The van der Waals surface area contributed by atoms with Gasteiger partial charge in [-0.3, -0.25) is 4.79 Å². The summed E-state index contributed by atoms with van der Waals surface area (Å²) >= 11 is 12.6. The lowest BCUT2D eigenvalue weighted by molar-refractivity contribution is 0.102. The Kier molecular flexibility index (Phi) is 5.34. The molecule has 29 heavy (non-hydrogen) atoms. The summed E-state index contributed by atoms with van der Waals surface area (Å²) in [6.45, 7) is 4.88. The van der Waals surface area contributed by atoms with Crippen molar-refractivity contribution in [1.29, 1.82) is 0 Å². The Morgan fingerprint density at radius 1 is 1.07 bits per heavy atom. The third-order valence-electron chi connectivity index (χ3n) is 4.36. The van der Waals surface area contributed by atoms with E-state index in [1.807, 2.05) is 19.9 Å². The van der Waals surface area contributed by atoms with Crippen molar-refractivity contribution in [2.75, 3.05) is 18.5 Å². The van der Waals surface area contributed by atoms with E-state index in [1.54, 1.807) is 28.9 Å². The minimum atomic E-state index is -0.491. The van der Waals surface area contributed by atoms with Crippen molar-refractivity contribution in [3.8, 4) is 17.3 Å². The summed E-state index contributed by atoms with van der Waals surface area (Å²) in [4.78, 5) is 17.3. The second kappa shape index (κ2) is 7.93. The SMILES string of the molecule is Cc1cc(C)n(-c2ccc(Cl)c(C(=O)Nc3cc4c(cc3Cl)OCCCO4)n2)n1. The number of anilines is 1. The Morgan fingerprint density at radius 2 is 1.79 bits per heavy atom. The third-order valence-corrected chi connectivity index (χ3v) is 4.98. The third kappa shape index (κ3) is 4.02. The van der Waals surface area contributed by atoms with Crippen molar-refractivity contribution in [3.63, 3.8) is 0 Å². The number of hydrogen-bond donors (Lipinski definition) is 1. The van der Waals surface area contributed by atoms with Crippen LogP contribution in [0.25, 0.3) is 5.82 Å². The van der Waals surface area contributed by atoms with Crippen LogP contribution in [0, 0.1) is 13.8 Å². The van der Waals surface area contributed by atoms with E-state index in [4.69, 9.17) is 32.7 Å². The van der Waals surface area contributed by atoms with Crippen LogP contribution >= 0.6 is 23.2 Å². The van der Waals surface area contributed by atoms with E-state index < -0.39 is 5.91 Å². The minimum absolute atomic E-state index is 0.0693. The van der Waals surface area contributed by atoms with Crippen molar-refractivity contribution in [1.82, 2.24) is 14.8 Å². The largest absolute Gasteiger partial charge is 0.490 e. The fourth-order valence-corrected chi connectivity index (χ4v) is 3.42. The second-order valence-electron chi connectivity index (χ2n) is 6.62. The highest BCUT2D eigenvalue weighted by atomic mass is 35.5. The molecule has 1 aromatic carbocycles. The summed E-state index contributed by atoms with van der Waals surface area (Å²) in [6.07, 6.45) is 0.770. The predicted octanol–water partition coefficient (Wildman–Crippen LogP) is 4.60. The summed E-state index contributed by atoms with van der Waals surface area (Å²) in [5, 5.41) is 7.69. The Hall–Kier alpha value is -2.77. The van der Waals surface area contributed by atoms with Crippen LogP contribution in [0.15, 0.2) is 30.3 Å². The smallest absolute Gasteiger partial charge is 0.275 e. The van der Waals surface area contributed by atoms with Crippen LogP contribution < -0.4 is 14.8 Å². The molecule has 0 saturated heterocycles. The number of rotatable bonds is 3. The van der Waals surface area contributed by atoms with E-state index >= 15 is 0 Å². The molecule has 7 nitrogen and oxygen atoms in total. The molecule has 0 unspecified atom stereocenters. The van der Waals surface area contributed by atoms with Crippen LogP contribution in [0.5, 0.6) is 11.5 Å². The molecular weight excluding hydrogens is 415 g/mol. The number of halogens is 2. The molecule has 150 valence electrons. The fraction of sp³-hybridized carbons (Fsp3) is 0.250. The number of pyridine rings is 1. The van der Waals surface area contributed by atoms with Crippen LogP contribution in [0.3, 0.4) is 0 Å². The molecule has 0 spiro atoms. The quantitative estimate of drug-likeness (QED) is 0.653. The fourth-order valence-electron chi connectivity index (χ4n) is 3.03. The first-order valence-corrected chi connectivity index (χ1v) is 9.78. The molecule has 1 N–H and O–H groups in total. The van der Waals surface area contributed by atoms with Crippen molar-refractivity contribution >= 4 is 34.8 Å². The Bertz CT molecular complexity index is 1100. The molecule has 3 heterocycles. The van der Waals surface area contributed by atoms with Gasteiger partial charge in [0.15, 0.2) is 17.3 Å². The van der Waals surface area contributed by atoms with Crippen molar-refractivity contribution < 1.29 is 14.3 Å². The van der Waals surface area contributed by atoms with Crippen molar-refractivity contribution in [2.24, 2.45) is 0 Å². The summed E-state index contributed by atoms with van der Waals surface area (Å²) < 4.78 is 12.9. The summed E-state index contributed by atoms with van der Waals surface area (Å²) in [5.41, 5.74) is 2.20. The van der Waals surface area contributed by atoms with Crippen molar-refractivity contribution in [3.05, 3.63) is 57.5 Å². The lowest BCUT2D eigenvalue weighted by Gasteiger charge is -2.13. The van der Waals surface area contributed by atoms with E-state index in [0.717, 1.165) is 17.8 Å². The summed E-state index contributed by atoms with van der Waals surface area (Å²) in [6, 6.07) is 8.51. The number of carbonyl (C=O) groups excluding carboxylic acids is 1. The normalized spacial score (nSPS) is 13.1. The first kappa shape index (κ1) is 19.5. The first-order chi connectivity index (χ1) is 13.9. The van der Waals surface area contributed by atoms with E-state index in [1.165, 1.54) is 0 Å². The van der Waals surface area contributed by atoms with Gasteiger partial charge in [-0.05, 0) is 32.0 Å². The van der Waals surface area contributed by atoms with Crippen LogP contribution in [0.4, 0.5) is 5.69 Å². The maximum absolute atomic E-state index is 12.9. The highest BCUT2D eigenvalue weighted by Gasteiger charge is 2.19. The van der Waals surface area contributed by atoms with Gasteiger partial charge in [0.25, 0.3) is 5.91 Å². The molecule has 9 heteroatoms. The Balaban J connectivity index is 1.64. The average Bonchev–Trinajstić information content (AvgIpc) is 2.87.